The first-order chi connectivity index (χ1) is 15.0. The minimum absolute atomic E-state index is 0.0133. The van der Waals surface area contributed by atoms with Crippen molar-refractivity contribution in [1.82, 2.24) is 22.5 Å². The molecule has 3 aromatic heterocycles. The summed E-state index contributed by atoms with van der Waals surface area (Å²) in [4.78, 5) is 25.0. The van der Waals surface area contributed by atoms with Crippen LogP contribution in [0.2, 0.25) is 0 Å². The normalized spacial score (nSPS) is 25.0. The number of aromatic nitrogens is 5. The van der Waals surface area contributed by atoms with Crippen LogP contribution in [0.15, 0.2) is 18.5 Å². The van der Waals surface area contributed by atoms with Gasteiger partial charge in [0.2, 0.25) is 0 Å². The number of hydrogen-bond donors (Lipinski definition) is 1. The Morgan fingerprint density at radius 2 is 1.94 bits per heavy atom. The molecule has 3 heterocycles. The van der Waals surface area contributed by atoms with Gasteiger partial charge in [0.25, 0.3) is 0 Å². The number of methoxy groups -OCH3 is 1. The van der Waals surface area contributed by atoms with E-state index in [2.05, 4.69) is 25.4 Å². The van der Waals surface area contributed by atoms with Crippen molar-refractivity contribution in [2.24, 2.45) is 17.8 Å². The Labute approximate surface area is 192 Å². The van der Waals surface area contributed by atoms with Crippen LogP contribution < -0.4 is 5.32 Å². The van der Waals surface area contributed by atoms with Crippen molar-refractivity contribution in [2.75, 3.05) is 12.4 Å². The third kappa shape index (κ3) is 3.57. The Bertz CT molecular complexity index is 1160. The van der Waals surface area contributed by atoms with Gasteiger partial charge in [0.05, 0.1) is 0 Å². The predicted octanol–water partition coefficient (Wildman–Crippen LogP) is 2.49. The average Bonchev–Trinajstić information content (AvgIpc) is 3.11. The SMILES string of the molecule is COC(=O)[C@@H]1C2CCC(CC2)[C@H]1Nc1nc(-c2n[n]([Tl])c3ncc(F)cc23)ncc1F. The number of nitrogens with one attached hydrogen (secondary N) is 1. The number of esters is 1. The maximum atomic E-state index is 14.7. The first-order valence-corrected chi connectivity index (χ1v) is 12.1. The second kappa shape index (κ2) is 8.02. The Kier molecular flexibility index (Phi) is 5.34. The predicted molar refractivity (Wildman–Crippen MR) is 108 cm³/mol. The van der Waals surface area contributed by atoms with Crippen molar-refractivity contribution in [3.8, 4) is 11.5 Å². The molecule has 11 heteroatoms. The van der Waals surface area contributed by atoms with Gasteiger partial charge in [0, 0.05) is 0 Å². The zero-order chi connectivity index (χ0) is 21.7. The van der Waals surface area contributed by atoms with Crippen molar-refractivity contribution in [3.63, 3.8) is 0 Å². The summed E-state index contributed by atoms with van der Waals surface area (Å²) in [5.41, 5.74) is 0.890. The Hall–Kier alpha value is -2.25. The maximum absolute atomic E-state index is 14.7. The standard InChI is InChI=1S/C20H19F2N6O2.Tl/c1-30-20(29)14-9-2-4-10(5-3-9)15(14)25-18-13(22)8-24-19(26-18)16-12-6-11(21)7-23-17(12)28-27-16;/h6-10,14-15H,2-5H2,1H3,(H-,23,24,25,26,27,28);/q-1;+1/t9?,10?,14-,15-;/m1./s1. The van der Waals surface area contributed by atoms with Gasteiger partial charge in [-0.2, -0.15) is 0 Å². The van der Waals surface area contributed by atoms with Gasteiger partial charge in [0.1, 0.15) is 0 Å². The molecule has 3 aliphatic carbocycles. The number of hydrogen-bond acceptors (Lipinski definition) is 7. The summed E-state index contributed by atoms with van der Waals surface area (Å²) in [5.74, 6) is -1.06. The molecule has 3 aromatic rings. The van der Waals surface area contributed by atoms with E-state index in [4.69, 9.17) is 4.74 Å². The van der Waals surface area contributed by atoms with Crippen LogP contribution in [0.4, 0.5) is 14.6 Å². The zero-order valence-electron chi connectivity index (χ0n) is 16.8. The molecule has 3 fully saturated rings. The number of carbonyl (C=O) groups is 1. The van der Waals surface area contributed by atoms with Crippen LogP contribution in [-0.2, 0) is 9.53 Å². The van der Waals surface area contributed by atoms with Gasteiger partial charge in [-0.25, -0.2) is 0 Å². The zero-order valence-corrected chi connectivity index (χ0v) is 21.2. The number of pyridine rings is 1. The molecule has 0 aliphatic heterocycles. The van der Waals surface area contributed by atoms with Crippen LogP contribution in [0.3, 0.4) is 0 Å². The van der Waals surface area contributed by atoms with Gasteiger partial charge in [0.15, 0.2) is 0 Å². The molecule has 1 N–H and O–H groups in total. The number of ether oxygens (including phenoxy) is 1. The third-order valence-corrected chi connectivity index (χ3v) is 7.86. The van der Waals surface area contributed by atoms with Crippen LogP contribution in [0.5, 0.6) is 0 Å². The number of rotatable bonds is 4. The summed E-state index contributed by atoms with van der Waals surface area (Å²) in [7, 11) is 1.38. The number of fused-ring (bicyclic) bond motifs is 4. The molecule has 6 rings (SSSR count). The first-order valence-electron chi connectivity index (χ1n) is 10.1. The summed E-state index contributed by atoms with van der Waals surface area (Å²) in [6.07, 6.45) is 6.13. The molecule has 0 saturated heterocycles. The minimum atomic E-state index is -0.616. The second-order valence-corrected chi connectivity index (χ2v) is 10.0. The van der Waals surface area contributed by atoms with Gasteiger partial charge in [-0.3, -0.25) is 0 Å². The fraction of sp³-hybridized carbons (Fsp3) is 0.450. The number of anilines is 1. The Morgan fingerprint density at radius 3 is 2.68 bits per heavy atom. The molecule has 0 aromatic carbocycles. The van der Waals surface area contributed by atoms with Crippen molar-refractivity contribution in [3.05, 3.63) is 30.1 Å². The van der Waals surface area contributed by atoms with Crippen LogP contribution in [0.25, 0.3) is 22.6 Å². The van der Waals surface area contributed by atoms with E-state index in [9.17, 15) is 13.6 Å². The molecule has 2 bridgehead atoms. The van der Waals surface area contributed by atoms with E-state index in [1.165, 1.54) is 13.2 Å². The van der Waals surface area contributed by atoms with Crippen LogP contribution in [0.1, 0.15) is 25.7 Å². The van der Waals surface area contributed by atoms with Gasteiger partial charge < -0.3 is 0 Å². The van der Waals surface area contributed by atoms with Crippen molar-refractivity contribution >= 4 is 48.9 Å². The van der Waals surface area contributed by atoms with E-state index in [1.54, 1.807) is 2.49 Å². The molecule has 0 radical (unpaired) electrons. The van der Waals surface area contributed by atoms with Crippen molar-refractivity contribution < 1.29 is 18.3 Å². The third-order valence-electron chi connectivity index (χ3n) is 6.46. The fourth-order valence-corrected chi connectivity index (χ4v) is 6.28. The molecule has 2 atom stereocenters. The number of nitrogens with zero attached hydrogens (tertiary/aromatic N) is 5. The molecule has 8 nitrogen and oxygen atoms in total. The molecule has 158 valence electrons. The van der Waals surface area contributed by atoms with E-state index < -0.39 is 11.6 Å². The van der Waals surface area contributed by atoms with E-state index in [0.717, 1.165) is 38.1 Å². The van der Waals surface area contributed by atoms with Crippen molar-refractivity contribution in [2.45, 2.75) is 31.7 Å². The molecular formula is C20H19F2N6O2Tl. The average molecular weight is 618 g/mol. The molecule has 3 saturated carbocycles. The van der Waals surface area contributed by atoms with Gasteiger partial charge in [-0.05, 0) is 0 Å². The molecule has 3 aliphatic rings. The summed E-state index contributed by atoms with van der Waals surface area (Å²) < 4.78 is 35.2. The van der Waals surface area contributed by atoms with Crippen LogP contribution >= 0.6 is 0 Å². The Morgan fingerprint density at radius 1 is 1.19 bits per heavy atom. The summed E-state index contributed by atoms with van der Waals surface area (Å²) in [6.45, 7) is 0. The van der Waals surface area contributed by atoms with E-state index >= 15 is 0 Å². The van der Waals surface area contributed by atoms with Crippen molar-refractivity contribution in [1.29, 1.82) is 0 Å². The fourth-order valence-electron chi connectivity index (χ4n) is 5.04. The number of halogens is 2. The molecule has 31 heavy (non-hydrogen) atoms. The van der Waals surface area contributed by atoms with Gasteiger partial charge >= 0.3 is 193 Å². The molecule has 0 spiro atoms. The summed E-state index contributed by atoms with van der Waals surface area (Å²) in [6, 6.07) is 1.07. The monoisotopic (exact) mass is 618 g/mol. The molecule has 0 amide bonds. The van der Waals surface area contributed by atoms with E-state index in [1.807, 2.05) is 0 Å². The summed E-state index contributed by atoms with van der Waals surface area (Å²) >= 11 is 0.302. The quantitative estimate of drug-likeness (QED) is 0.355. The topological polar surface area (TPSA) is 94.8 Å². The first kappa shape index (κ1) is 20.6. The van der Waals surface area contributed by atoms with Crippen LogP contribution in [0, 0.1) is 29.4 Å². The molecule has 0 unspecified atom stereocenters. The summed E-state index contributed by atoms with van der Waals surface area (Å²) in [5, 5.41) is 8.08. The van der Waals surface area contributed by atoms with E-state index in [0.29, 0.717) is 42.8 Å². The van der Waals surface area contributed by atoms with Gasteiger partial charge in [-0.15, -0.1) is 0 Å². The second-order valence-electron chi connectivity index (χ2n) is 8.10. The van der Waals surface area contributed by atoms with Gasteiger partial charge in [-0.1, -0.05) is 0 Å². The van der Waals surface area contributed by atoms with Crippen LogP contribution in [-0.4, -0.2) is 67.7 Å². The molecular weight excluding hydrogens is 599 g/mol. The van der Waals surface area contributed by atoms with E-state index in [-0.39, 0.29) is 41.4 Å². The Balaban J connectivity index is 1.53. The number of carbonyl (C=O) groups excluding carboxylic acids is 1.